The fraction of sp³-hybridized carbons (Fsp3) is 0.238. The number of nitrogens with one attached hydrogen (secondary N) is 2. The molecule has 1 aromatic carbocycles. The molecule has 3 heterocycles. The number of nitrogens with zero attached hydrogens (tertiary/aromatic N) is 2. The molecule has 1 aromatic heterocycles. The van der Waals surface area contributed by atoms with Crippen molar-refractivity contribution in [3.8, 4) is 0 Å². The van der Waals surface area contributed by atoms with Crippen molar-refractivity contribution >= 4 is 41.3 Å². The number of fused-ring (bicyclic) bond motifs is 1. The summed E-state index contributed by atoms with van der Waals surface area (Å²) >= 11 is 1.48. The van der Waals surface area contributed by atoms with Crippen LogP contribution in [0.15, 0.2) is 41.4 Å². The molecule has 0 spiro atoms. The lowest BCUT2D eigenvalue weighted by molar-refractivity contribution is -0.136. The third-order valence-electron chi connectivity index (χ3n) is 5.22. The van der Waals surface area contributed by atoms with Crippen LogP contribution in [0.2, 0.25) is 0 Å². The lowest BCUT2D eigenvalue weighted by Crippen LogP contribution is -2.52. The van der Waals surface area contributed by atoms with E-state index in [9.17, 15) is 24.0 Å². The van der Waals surface area contributed by atoms with Gasteiger partial charge < -0.3 is 4.90 Å². The van der Waals surface area contributed by atoms with E-state index in [4.69, 9.17) is 0 Å². The van der Waals surface area contributed by atoms with Gasteiger partial charge in [-0.15, -0.1) is 11.8 Å². The van der Waals surface area contributed by atoms with E-state index in [1.54, 1.807) is 18.3 Å². The minimum absolute atomic E-state index is 0.104. The highest BCUT2D eigenvalue weighted by atomic mass is 32.2. The summed E-state index contributed by atoms with van der Waals surface area (Å²) in [6, 6.07) is 7.09. The van der Waals surface area contributed by atoms with Gasteiger partial charge in [0, 0.05) is 35.2 Å². The number of hydrogen-bond acceptors (Lipinski definition) is 7. The Labute approximate surface area is 181 Å². The lowest BCUT2D eigenvalue weighted by atomic mass is 10.0. The van der Waals surface area contributed by atoms with Gasteiger partial charge in [-0.2, -0.15) is 0 Å². The van der Waals surface area contributed by atoms with Crippen molar-refractivity contribution in [1.82, 2.24) is 20.5 Å². The molecule has 1 fully saturated rings. The zero-order chi connectivity index (χ0) is 22.1. The van der Waals surface area contributed by atoms with Crippen LogP contribution in [-0.4, -0.2) is 51.7 Å². The number of amides is 5. The summed E-state index contributed by atoms with van der Waals surface area (Å²) < 4.78 is 0. The van der Waals surface area contributed by atoms with Crippen LogP contribution in [-0.2, 0) is 16.1 Å². The van der Waals surface area contributed by atoms with Crippen molar-refractivity contribution in [2.24, 2.45) is 0 Å². The molecule has 10 heteroatoms. The molecular formula is C21H18N4O5S. The minimum atomic E-state index is -0.730. The van der Waals surface area contributed by atoms with Gasteiger partial charge in [0.2, 0.25) is 11.8 Å². The topological polar surface area (TPSA) is 126 Å². The van der Waals surface area contributed by atoms with Gasteiger partial charge in [0.05, 0.1) is 0 Å². The van der Waals surface area contributed by atoms with Gasteiger partial charge in [-0.1, -0.05) is 6.07 Å². The zero-order valence-electron chi connectivity index (χ0n) is 16.5. The van der Waals surface area contributed by atoms with Crippen LogP contribution in [0.3, 0.4) is 0 Å². The van der Waals surface area contributed by atoms with E-state index in [1.165, 1.54) is 34.9 Å². The molecule has 158 valence electrons. The zero-order valence-corrected chi connectivity index (χ0v) is 17.3. The number of carbonyl (C=O) groups is 5. The summed E-state index contributed by atoms with van der Waals surface area (Å²) in [6.07, 6.45) is 3.85. The molecule has 1 unspecified atom stereocenters. The predicted octanol–water partition coefficient (Wildman–Crippen LogP) is 1.13. The maximum atomic E-state index is 12.9. The Bertz CT molecular complexity index is 1120. The first-order valence-electron chi connectivity index (χ1n) is 9.50. The minimum Gasteiger partial charge on any atom is -0.322 e. The highest BCUT2D eigenvalue weighted by Crippen LogP contribution is 2.28. The van der Waals surface area contributed by atoms with Gasteiger partial charge in [-0.25, -0.2) is 4.98 Å². The molecule has 2 aromatic rings. The van der Waals surface area contributed by atoms with E-state index in [2.05, 4.69) is 15.6 Å². The van der Waals surface area contributed by atoms with E-state index in [0.717, 1.165) is 4.90 Å². The van der Waals surface area contributed by atoms with Gasteiger partial charge in [0.15, 0.2) is 0 Å². The van der Waals surface area contributed by atoms with E-state index in [1.807, 2.05) is 6.26 Å². The number of rotatable bonds is 4. The van der Waals surface area contributed by atoms with Crippen LogP contribution in [0.1, 0.15) is 49.6 Å². The third kappa shape index (κ3) is 4.06. The third-order valence-corrected chi connectivity index (χ3v) is 5.93. The Hall–Kier alpha value is -3.53. The monoisotopic (exact) mass is 438 g/mol. The molecule has 1 saturated heterocycles. The maximum Gasteiger partial charge on any atom is 0.276 e. The van der Waals surface area contributed by atoms with Crippen LogP contribution >= 0.6 is 11.8 Å². The molecule has 2 aliphatic heterocycles. The van der Waals surface area contributed by atoms with Crippen molar-refractivity contribution in [3.63, 3.8) is 0 Å². The molecule has 2 aliphatic rings. The van der Waals surface area contributed by atoms with E-state index >= 15 is 0 Å². The molecule has 4 rings (SSSR count). The van der Waals surface area contributed by atoms with Gasteiger partial charge >= 0.3 is 0 Å². The average Bonchev–Trinajstić information content (AvgIpc) is 3.09. The van der Waals surface area contributed by atoms with E-state index in [0.29, 0.717) is 11.1 Å². The number of carbonyl (C=O) groups excluding carboxylic acids is 5. The Kier molecular flexibility index (Phi) is 5.55. The van der Waals surface area contributed by atoms with Gasteiger partial charge in [-0.3, -0.25) is 34.6 Å². The molecule has 31 heavy (non-hydrogen) atoms. The number of imide groups is 2. The SMILES string of the molecule is CSc1ccc(C(=O)NC(=O)c2ccc3c(c2)C(=O)N(C2CCC(=O)NC2=O)C3)nc1. The van der Waals surface area contributed by atoms with E-state index < -0.39 is 23.8 Å². The maximum absolute atomic E-state index is 12.9. The quantitative estimate of drug-likeness (QED) is 0.541. The summed E-state index contributed by atoms with van der Waals surface area (Å²) in [6.45, 7) is 0.215. The van der Waals surface area contributed by atoms with Crippen molar-refractivity contribution < 1.29 is 24.0 Å². The fourth-order valence-corrected chi connectivity index (χ4v) is 3.93. The molecule has 9 nitrogen and oxygen atoms in total. The number of thioether (sulfide) groups is 1. The first-order valence-corrected chi connectivity index (χ1v) is 10.7. The van der Waals surface area contributed by atoms with Crippen LogP contribution < -0.4 is 10.6 Å². The molecule has 0 aliphatic carbocycles. The normalized spacial score (nSPS) is 17.9. The molecule has 5 amide bonds. The van der Waals surface area contributed by atoms with Crippen molar-refractivity contribution in [2.45, 2.75) is 30.3 Å². The first-order chi connectivity index (χ1) is 14.9. The predicted molar refractivity (Wildman–Crippen MR) is 110 cm³/mol. The Balaban J connectivity index is 1.48. The number of benzene rings is 1. The van der Waals surface area contributed by atoms with Crippen molar-refractivity contribution in [3.05, 3.63) is 58.9 Å². The highest BCUT2D eigenvalue weighted by molar-refractivity contribution is 7.98. The number of piperidine rings is 1. The van der Waals surface area contributed by atoms with Crippen LogP contribution in [0.25, 0.3) is 0 Å². The van der Waals surface area contributed by atoms with Crippen LogP contribution in [0.4, 0.5) is 0 Å². The molecule has 0 radical (unpaired) electrons. The summed E-state index contributed by atoms with van der Waals surface area (Å²) in [5, 5.41) is 4.52. The first kappa shape index (κ1) is 20.7. The molecule has 2 N–H and O–H groups in total. The second-order valence-corrected chi connectivity index (χ2v) is 8.02. The van der Waals surface area contributed by atoms with Crippen LogP contribution in [0.5, 0.6) is 0 Å². The second-order valence-electron chi connectivity index (χ2n) is 7.14. The summed E-state index contributed by atoms with van der Waals surface area (Å²) in [5.41, 5.74) is 1.22. The van der Waals surface area contributed by atoms with Gasteiger partial charge in [0.1, 0.15) is 11.7 Å². The van der Waals surface area contributed by atoms with E-state index in [-0.39, 0.29) is 42.5 Å². The Morgan fingerprint density at radius 1 is 1.16 bits per heavy atom. The average molecular weight is 438 g/mol. The number of aromatic nitrogens is 1. The van der Waals surface area contributed by atoms with Crippen molar-refractivity contribution in [1.29, 1.82) is 0 Å². The number of hydrogen-bond donors (Lipinski definition) is 2. The summed E-state index contributed by atoms with van der Waals surface area (Å²) in [4.78, 5) is 67.5. The summed E-state index contributed by atoms with van der Waals surface area (Å²) in [7, 11) is 0. The number of pyridine rings is 1. The lowest BCUT2D eigenvalue weighted by Gasteiger charge is -2.29. The molecule has 0 bridgehead atoms. The fourth-order valence-electron chi connectivity index (χ4n) is 3.57. The smallest absolute Gasteiger partial charge is 0.276 e. The van der Waals surface area contributed by atoms with Crippen molar-refractivity contribution in [2.75, 3.05) is 6.26 Å². The Morgan fingerprint density at radius 3 is 2.65 bits per heavy atom. The summed E-state index contributed by atoms with van der Waals surface area (Å²) in [5.74, 6) is -2.54. The Morgan fingerprint density at radius 2 is 1.97 bits per heavy atom. The molecule has 1 atom stereocenters. The van der Waals surface area contributed by atoms with Crippen LogP contribution in [0, 0.1) is 0 Å². The van der Waals surface area contributed by atoms with Gasteiger partial charge in [0.25, 0.3) is 17.7 Å². The highest BCUT2D eigenvalue weighted by Gasteiger charge is 2.39. The van der Waals surface area contributed by atoms with Gasteiger partial charge in [-0.05, 0) is 42.5 Å². The second kappa shape index (κ2) is 8.31. The largest absolute Gasteiger partial charge is 0.322 e. The standard InChI is InChI=1S/C21H18N4O5S/c1-31-13-4-5-15(22-9-13)19(28)24-18(27)11-2-3-12-10-25(21(30)14(12)8-11)16-6-7-17(26)23-20(16)29/h2-5,8-9,16H,6-7,10H2,1H3,(H,23,26,29)(H,24,27,28). The molecular weight excluding hydrogens is 420 g/mol. The molecule has 0 saturated carbocycles.